The molecule has 4 nitrogen and oxygen atoms in total. The molecule has 2 heterocycles. The van der Waals surface area contributed by atoms with Crippen LogP contribution in [-0.2, 0) is 0 Å². The first-order valence-electron chi connectivity index (χ1n) is 20.5. The molecule has 0 spiro atoms. The summed E-state index contributed by atoms with van der Waals surface area (Å²) in [5, 5.41) is 16.6. The number of hydrogen-bond acceptors (Lipinski definition) is 4. The van der Waals surface area contributed by atoms with Crippen molar-refractivity contribution >= 4 is 21.9 Å². The average Bonchev–Trinajstić information content (AvgIpc) is 3.73. The predicted molar refractivity (Wildman–Crippen MR) is 251 cm³/mol. The fourth-order valence-corrected chi connectivity index (χ4v) is 8.90. The third-order valence-electron chi connectivity index (χ3n) is 11.6. The molecule has 0 radical (unpaired) electrons. The van der Waals surface area contributed by atoms with E-state index in [1.807, 2.05) is 18.2 Å². The molecule has 4 heteroatoms. The van der Waals surface area contributed by atoms with Crippen molar-refractivity contribution in [3.8, 4) is 89.3 Å². The fourth-order valence-electron chi connectivity index (χ4n) is 8.90. The Morgan fingerprint density at radius 3 is 1.36 bits per heavy atom. The van der Waals surface area contributed by atoms with Gasteiger partial charge in [-0.2, -0.15) is 0 Å². The second kappa shape index (κ2) is 15.5. The van der Waals surface area contributed by atoms with Gasteiger partial charge in [0.25, 0.3) is 0 Å². The second-order valence-electron chi connectivity index (χ2n) is 15.1. The first-order chi connectivity index (χ1) is 30.3. The molecular formula is C57H37N3O. The van der Waals surface area contributed by atoms with Crippen LogP contribution in [0.4, 0.5) is 0 Å². The summed E-state index contributed by atoms with van der Waals surface area (Å²) in [5.74, 6) is 0. The molecule has 0 bridgehead atoms. The summed E-state index contributed by atoms with van der Waals surface area (Å²) < 4.78 is 6.70. The van der Waals surface area contributed by atoms with Crippen LogP contribution in [0, 0.1) is 0 Å². The van der Waals surface area contributed by atoms with Gasteiger partial charge in [-0.15, -0.1) is 10.2 Å². The summed E-state index contributed by atoms with van der Waals surface area (Å²) in [4.78, 5) is 0. The van der Waals surface area contributed by atoms with Gasteiger partial charge in [-0.25, -0.2) is 0 Å². The van der Waals surface area contributed by atoms with Crippen LogP contribution < -0.4 is 0 Å². The highest BCUT2D eigenvalue weighted by Crippen LogP contribution is 2.52. The Balaban J connectivity index is 1.30. The van der Waals surface area contributed by atoms with Gasteiger partial charge in [-0.3, -0.25) is 0 Å². The van der Waals surface area contributed by atoms with E-state index < -0.39 is 0 Å². The zero-order valence-electron chi connectivity index (χ0n) is 33.1. The van der Waals surface area contributed by atoms with E-state index in [0.29, 0.717) is 0 Å². The maximum atomic E-state index is 6.70. The highest BCUT2D eigenvalue weighted by molar-refractivity contribution is 6.20. The van der Waals surface area contributed by atoms with E-state index in [1.54, 1.807) is 0 Å². The average molecular weight is 780 g/mol. The lowest BCUT2D eigenvalue weighted by atomic mass is 9.81. The number of hydrogen-bond donors (Lipinski definition) is 0. The van der Waals surface area contributed by atoms with E-state index in [4.69, 9.17) is 14.6 Å². The van der Waals surface area contributed by atoms with Crippen LogP contribution in [0.15, 0.2) is 229 Å². The molecule has 0 amide bonds. The molecule has 0 saturated carbocycles. The molecule has 2 aromatic heterocycles. The monoisotopic (exact) mass is 779 g/mol. The molecule has 61 heavy (non-hydrogen) atoms. The molecule has 9 aromatic carbocycles. The van der Waals surface area contributed by atoms with Gasteiger partial charge in [0.1, 0.15) is 22.6 Å². The summed E-state index contributed by atoms with van der Waals surface area (Å²) in [5.41, 5.74) is 17.9. The van der Waals surface area contributed by atoms with Crippen molar-refractivity contribution in [2.75, 3.05) is 0 Å². The number of benzene rings is 9. The molecule has 0 aliphatic rings. The highest BCUT2D eigenvalue weighted by Gasteiger charge is 2.28. The van der Waals surface area contributed by atoms with Crippen LogP contribution in [0.1, 0.15) is 0 Å². The lowest BCUT2D eigenvalue weighted by Crippen LogP contribution is -2.03. The lowest BCUT2D eigenvalue weighted by Gasteiger charge is -2.22. The van der Waals surface area contributed by atoms with E-state index in [-0.39, 0.29) is 0 Å². The van der Waals surface area contributed by atoms with E-state index >= 15 is 0 Å². The van der Waals surface area contributed by atoms with E-state index in [1.165, 1.54) is 0 Å². The van der Waals surface area contributed by atoms with Gasteiger partial charge in [-0.1, -0.05) is 206 Å². The van der Waals surface area contributed by atoms with Crippen LogP contribution in [0.5, 0.6) is 0 Å². The molecule has 0 fully saturated rings. The quantitative estimate of drug-likeness (QED) is 0.154. The molecule has 0 saturated heterocycles. The number of aromatic nitrogens is 3. The number of nitrogens with zero attached hydrogens (tertiary/aromatic N) is 3. The maximum Gasteiger partial charge on any atom is 0.136 e. The lowest BCUT2D eigenvalue weighted by molar-refractivity contribution is 0.669. The second-order valence-corrected chi connectivity index (χ2v) is 15.1. The third-order valence-corrected chi connectivity index (χ3v) is 11.6. The zero-order chi connectivity index (χ0) is 40.5. The minimum atomic E-state index is 0.735. The van der Waals surface area contributed by atoms with Crippen LogP contribution in [-0.4, -0.2) is 15.4 Å². The summed E-state index contributed by atoms with van der Waals surface area (Å²) in [6.07, 6.45) is 0. The van der Waals surface area contributed by atoms with Gasteiger partial charge >= 0.3 is 0 Å². The van der Waals surface area contributed by atoms with E-state index in [9.17, 15) is 0 Å². The van der Waals surface area contributed by atoms with Gasteiger partial charge < -0.3 is 4.42 Å². The molecule has 11 aromatic rings. The van der Waals surface area contributed by atoms with Crippen molar-refractivity contribution in [2.24, 2.45) is 0 Å². The molecular weight excluding hydrogens is 743 g/mol. The first kappa shape index (κ1) is 35.9. The zero-order valence-corrected chi connectivity index (χ0v) is 33.1. The van der Waals surface area contributed by atoms with Gasteiger partial charge in [0.2, 0.25) is 0 Å². The maximum absolute atomic E-state index is 6.70. The summed E-state index contributed by atoms with van der Waals surface area (Å²) in [7, 11) is 0. The Hall–Kier alpha value is -8.21. The van der Waals surface area contributed by atoms with Crippen LogP contribution >= 0.6 is 0 Å². The summed E-state index contributed by atoms with van der Waals surface area (Å²) in [6, 6.07) is 78.6. The SMILES string of the molecule is c1ccc(-c2ccccc2-c2ccc3oc4ccccc4c3c2-c2c(-c3ccccc3)cccc2-c2nnnc(-c3ccccc3-c3ccccc3)c2-c2ccccc2)cc1. The van der Waals surface area contributed by atoms with Crippen LogP contribution in [0.25, 0.3) is 111 Å². The third kappa shape index (κ3) is 6.39. The number of rotatable bonds is 8. The predicted octanol–water partition coefficient (Wildman–Crippen LogP) is 15.1. The van der Waals surface area contributed by atoms with Crippen molar-refractivity contribution in [3.63, 3.8) is 0 Å². The van der Waals surface area contributed by atoms with Crippen molar-refractivity contribution in [3.05, 3.63) is 224 Å². The Kier molecular flexibility index (Phi) is 9.14. The van der Waals surface area contributed by atoms with Crippen molar-refractivity contribution < 1.29 is 4.42 Å². The van der Waals surface area contributed by atoms with Crippen molar-refractivity contribution in [2.45, 2.75) is 0 Å². The molecule has 0 aliphatic heterocycles. The normalized spacial score (nSPS) is 11.3. The highest BCUT2D eigenvalue weighted by atomic mass is 16.3. The Bertz CT molecular complexity index is 3340. The van der Waals surface area contributed by atoms with Gasteiger partial charge in [0.15, 0.2) is 0 Å². The molecule has 0 atom stereocenters. The fraction of sp³-hybridized carbons (Fsp3) is 0. The molecule has 286 valence electrons. The molecule has 0 unspecified atom stereocenters. The Morgan fingerprint density at radius 2 is 0.721 bits per heavy atom. The number of fused-ring (bicyclic) bond motifs is 3. The van der Waals surface area contributed by atoms with Gasteiger partial charge in [0.05, 0.1) is 0 Å². The summed E-state index contributed by atoms with van der Waals surface area (Å²) >= 11 is 0. The Labute approximate surface area is 354 Å². The van der Waals surface area contributed by atoms with E-state index in [0.717, 1.165) is 111 Å². The smallest absolute Gasteiger partial charge is 0.136 e. The molecule has 0 aliphatic carbocycles. The number of para-hydroxylation sites is 1. The summed E-state index contributed by atoms with van der Waals surface area (Å²) in [6.45, 7) is 0. The van der Waals surface area contributed by atoms with Gasteiger partial charge in [-0.05, 0) is 73.5 Å². The Morgan fingerprint density at radius 1 is 0.262 bits per heavy atom. The van der Waals surface area contributed by atoms with Crippen molar-refractivity contribution in [1.29, 1.82) is 0 Å². The largest absolute Gasteiger partial charge is 0.456 e. The minimum absolute atomic E-state index is 0.735. The van der Waals surface area contributed by atoms with Gasteiger partial charge in [0, 0.05) is 38.6 Å². The number of furan rings is 1. The van der Waals surface area contributed by atoms with Crippen LogP contribution in [0.3, 0.4) is 0 Å². The van der Waals surface area contributed by atoms with Crippen LogP contribution in [0.2, 0.25) is 0 Å². The van der Waals surface area contributed by atoms with Crippen molar-refractivity contribution in [1.82, 2.24) is 15.4 Å². The minimum Gasteiger partial charge on any atom is -0.456 e. The molecule has 0 N–H and O–H groups in total. The molecule has 11 rings (SSSR count). The first-order valence-corrected chi connectivity index (χ1v) is 20.5. The standard InChI is InChI=1S/C57H37N3O/c1-5-20-38(21-6-1)42-28-13-15-30-45(42)46-36-37-51-54(48-32-17-18-35-50(48)61-51)55(46)53-44(40-24-9-3-10-25-40)33-19-34-49(53)57-52(41-26-11-4-12-27-41)56(58-60-59-57)47-31-16-14-29-43(47)39-22-7-2-8-23-39/h1-37H. The van der Waals surface area contributed by atoms with E-state index in [2.05, 4.69) is 211 Å². The topological polar surface area (TPSA) is 51.8 Å².